The van der Waals surface area contributed by atoms with E-state index >= 15 is 0 Å². The molecular formula is C18H14F2N4O. The first-order valence-corrected chi connectivity index (χ1v) is 7.79. The first kappa shape index (κ1) is 15.4. The zero-order valence-electron chi connectivity index (χ0n) is 13.6. The summed E-state index contributed by atoms with van der Waals surface area (Å²) in [5.74, 6) is -0.923. The SMILES string of the molecule is CC(C)n1nnc2ccc(-c3ocnc3-c3ccc(F)cc3F)cc21. The average molecular weight is 340 g/mol. The van der Waals surface area contributed by atoms with Crippen LogP contribution in [0.1, 0.15) is 19.9 Å². The zero-order valence-corrected chi connectivity index (χ0v) is 13.6. The van der Waals surface area contributed by atoms with E-state index in [1.54, 1.807) is 4.68 Å². The third-order valence-corrected chi connectivity index (χ3v) is 3.98. The fourth-order valence-corrected chi connectivity index (χ4v) is 2.78. The van der Waals surface area contributed by atoms with Gasteiger partial charge in [0.05, 0.1) is 5.52 Å². The fourth-order valence-electron chi connectivity index (χ4n) is 2.78. The van der Waals surface area contributed by atoms with Gasteiger partial charge in [0.2, 0.25) is 0 Å². The molecule has 0 saturated heterocycles. The molecule has 0 bridgehead atoms. The van der Waals surface area contributed by atoms with Gasteiger partial charge in [-0.3, -0.25) is 0 Å². The molecular weight excluding hydrogens is 326 g/mol. The van der Waals surface area contributed by atoms with Crippen molar-refractivity contribution in [2.45, 2.75) is 19.9 Å². The number of halogens is 2. The van der Waals surface area contributed by atoms with Gasteiger partial charge in [0.25, 0.3) is 0 Å². The molecule has 0 unspecified atom stereocenters. The smallest absolute Gasteiger partial charge is 0.182 e. The van der Waals surface area contributed by atoms with E-state index in [2.05, 4.69) is 15.3 Å². The summed E-state index contributed by atoms with van der Waals surface area (Å²) in [5, 5.41) is 8.27. The number of oxazole rings is 1. The quantitative estimate of drug-likeness (QED) is 0.546. The molecule has 126 valence electrons. The van der Waals surface area contributed by atoms with Gasteiger partial charge < -0.3 is 4.42 Å². The maximum atomic E-state index is 14.1. The molecule has 0 saturated carbocycles. The zero-order chi connectivity index (χ0) is 17.6. The van der Waals surface area contributed by atoms with Gasteiger partial charge in [0.1, 0.15) is 22.8 Å². The molecule has 2 aromatic carbocycles. The molecule has 0 radical (unpaired) electrons. The molecule has 0 aliphatic carbocycles. The van der Waals surface area contributed by atoms with Crippen molar-refractivity contribution < 1.29 is 13.2 Å². The molecule has 0 spiro atoms. The minimum atomic E-state index is -0.690. The van der Waals surface area contributed by atoms with Crippen molar-refractivity contribution in [1.82, 2.24) is 20.0 Å². The van der Waals surface area contributed by atoms with Crippen LogP contribution >= 0.6 is 0 Å². The Morgan fingerprint density at radius 2 is 1.92 bits per heavy atom. The van der Waals surface area contributed by atoms with Gasteiger partial charge in [-0.15, -0.1) is 5.10 Å². The monoisotopic (exact) mass is 340 g/mol. The van der Waals surface area contributed by atoms with Crippen molar-refractivity contribution in [1.29, 1.82) is 0 Å². The van der Waals surface area contributed by atoms with E-state index in [-0.39, 0.29) is 11.6 Å². The number of aromatic nitrogens is 4. The van der Waals surface area contributed by atoms with E-state index in [0.29, 0.717) is 17.0 Å². The second-order valence-corrected chi connectivity index (χ2v) is 5.99. The molecule has 5 nitrogen and oxygen atoms in total. The summed E-state index contributed by atoms with van der Waals surface area (Å²) in [7, 11) is 0. The fraction of sp³-hybridized carbons (Fsp3) is 0.167. The second kappa shape index (κ2) is 5.77. The standard InChI is InChI=1S/C18H14F2N4O/c1-10(2)24-16-7-11(3-6-15(16)22-23-24)18-17(21-9-25-18)13-5-4-12(19)8-14(13)20/h3-10H,1-2H3. The molecule has 0 aliphatic rings. The molecule has 2 aromatic heterocycles. The van der Waals surface area contributed by atoms with E-state index in [1.165, 1.54) is 18.5 Å². The van der Waals surface area contributed by atoms with E-state index in [4.69, 9.17) is 4.42 Å². The Kier molecular flexibility index (Phi) is 3.56. The highest BCUT2D eigenvalue weighted by atomic mass is 19.1. The number of nitrogens with zero attached hydrogens (tertiary/aromatic N) is 4. The highest BCUT2D eigenvalue weighted by molar-refractivity contribution is 5.84. The lowest BCUT2D eigenvalue weighted by molar-refractivity contribution is 0.530. The summed E-state index contributed by atoms with van der Waals surface area (Å²) in [6.45, 7) is 4.02. The third kappa shape index (κ3) is 2.57. The van der Waals surface area contributed by atoms with Gasteiger partial charge in [-0.25, -0.2) is 18.4 Å². The van der Waals surface area contributed by atoms with Crippen LogP contribution in [0.25, 0.3) is 33.6 Å². The van der Waals surface area contributed by atoms with Crippen LogP contribution in [0.15, 0.2) is 47.2 Å². The Hall–Kier alpha value is -3.09. The van der Waals surface area contributed by atoms with Gasteiger partial charge in [-0.05, 0) is 44.2 Å². The second-order valence-electron chi connectivity index (χ2n) is 5.99. The van der Waals surface area contributed by atoms with Crippen LogP contribution in [0, 0.1) is 11.6 Å². The van der Waals surface area contributed by atoms with Crippen LogP contribution in [-0.2, 0) is 0 Å². The Morgan fingerprint density at radius 3 is 2.68 bits per heavy atom. The van der Waals surface area contributed by atoms with Crippen LogP contribution in [0.3, 0.4) is 0 Å². The van der Waals surface area contributed by atoms with E-state index in [1.807, 2.05) is 32.0 Å². The highest BCUT2D eigenvalue weighted by Gasteiger charge is 2.18. The van der Waals surface area contributed by atoms with Crippen LogP contribution < -0.4 is 0 Å². The predicted octanol–water partition coefficient (Wildman–Crippen LogP) is 4.61. The summed E-state index contributed by atoms with van der Waals surface area (Å²) >= 11 is 0. The molecule has 0 N–H and O–H groups in total. The number of hydrogen-bond acceptors (Lipinski definition) is 4. The maximum Gasteiger partial charge on any atom is 0.182 e. The minimum absolute atomic E-state index is 0.143. The third-order valence-electron chi connectivity index (χ3n) is 3.98. The lowest BCUT2D eigenvalue weighted by Gasteiger charge is -2.07. The van der Waals surface area contributed by atoms with Crippen LogP contribution in [0.5, 0.6) is 0 Å². The average Bonchev–Trinajstić information content (AvgIpc) is 3.20. The Balaban J connectivity index is 1.87. The van der Waals surface area contributed by atoms with Crippen molar-refractivity contribution in [3.8, 4) is 22.6 Å². The topological polar surface area (TPSA) is 56.7 Å². The van der Waals surface area contributed by atoms with Gasteiger partial charge in [0, 0.05) is 23.2 Å². The van der Waals surface area contributed by atoms with E-state index in [0.717, 1.165) is 17.1 Å². The predicted molar refractivity (Wildman–Crippen MR) is 88.8 cm³/mol. The number of benzene rings is 2. The normalized spacial score (nSPS) is 11.6. The van der Waals surface area contributed by atoms with Crippen LogP contribution in [-0.4, -0.2) is 20.0 Å². The first-order valence-electron chi connectivity index (χ1n) is 7.79. The van der Waals surface area contributed by atoms with E-state index in [9.17, 15) is 8.78 Å². The van der Waals surface area contributed by atoms with Crippen molar-refractivity contribution in [2.24, 2.45) is 0 Å². The molecule has 4 aromatic rings. The summed E-state index contributed by atoms with van der Waals surface area (Å²) in [6, 6.07) is 9.03. The molecule has 4 rings (SSSR count). The van der Waals surface area contributed by atoms with Crippen molar-refractivity contribution in [3.63, 3.8) is 0 Å². The Morgan fingerprint density at radius 1 is 1.08 bits per heavy atom. The maximum absolute atomic E-state index is 14.1. The van der Waals surface area contributed by atoms with Crippen molar-refractivity contribution >= 4 is 11.0 Å². The number of hydrogen-bond donors (Lipinski definition) is 0. The minimum Gasteiger partial charge on any atom is -0.443 e. The molecule has 0 aliphatic heterocycles. The molecule has 0 atom stereocenters. The van der Waals surface area contributed by atoms with Gasteiger partial charge in [0.15, 0.2) is 12.2 Å². The van der Waals surface area contributed by atoms with Crippen molar-refractivity contribution in [3.05, 3.63) is 54.4 Å². The van der Waals surface area contributed by atoms with Gasteiger partial charge in [-0.1, -0.05) is 5.21 Å². The summed E-state index contributed by atoms with van der Waals surface area (Å²) in [5.41, 5.74) is 2.81. The lowest BCUT2D eigenvalue weighted by Crippen LogP contribution is -2.02. The summed E-state index contributed by atoms with van der Waals surface area (Å²) in [6.07, 6.45) is 1.25. The summed E-state index contributed by atoms with van der Waals surface area (Å²) < 4.78 is 34.6. The van der Waals surface area contributed by atoms with Gasteiger partial charge >= 0.3 is 0 Å². The molecule has 0 amide bonds. The lowest BCUT2D eigenvalue weighted by atomic mass is 10.0. The Labute approximate surface area is 141 Å². The number of fused-ring (bicyclic) bond motifs is 1. The summed E-state index contributed by atoms with van der Waals surface area (Å²) in [4.78, 5) is 4.11. The van der Waals surface area contributed by atoms with Gasteiger partial charge in [-0.2, -0.15) is 0 Å². The van der Waals surface area contributed by atoms with Crippen LogP contribution in [0.4, 0.5) is 8.78 Å². The first-order chi connectivity index (χ1) is 12.0. The molecule has 0 fully saturated rings. The highest BCUT2D eigenvalue weighted by Crippen LogP contribution is 2.34. The largest absolute Gasteiger partial charge is 0.443 e. The molecule has 25 heavy (non-hydrogen) atoms. The Bertz CT molecular complexity index is 1070. The molecule has 7 heteroatoms. The van der Waals surface area contributed by atoms with Crippen molar-refractivity contribution in [2.75, 3.05) is 0 Å². The van der Waals surface area contributed by atoms with E-state index < -0.39 is 11.6 Å². The molecule has 2 heterocycles. The van der Waals surface area contributed by atoms with Crippen LogP contribution in [0.2, 0.25) is 0 Å². The number of rotatable bonds is 3.